The molecule has 0 amide bonds. The van der Waals surface area contributed by atoms with E-state index in [1.807, 2.05) is 16.8 Å². The van der Waals surface area contributed by atoms with Gasteiger partial charge in [0.25, 0.3) is 0 Å². The van der Waals surface area contributed by atoms with Gasteiger partial charge in [-0.1, -0.05) is 18.2 Å². The molecule has 0 aliphatic heterocycles. The van der Waals surface area contributed by atoms with Crippen LogP contribution < -0.4 is 0 Å². The number of hydrogen-bond acceptors (Lipinski definition) is 2. The summed E-state index contributed by atoms with van der Waals surface area (Å²) in [5.74, 6) is 0. The van der Waals surface area contributed by atoms with E-state index in [1.165, 1.54) is 0 Å². The Morgan fingerprint density at radius 2 is 2.36 bits per heavy atom. The Hall–Kier alpha value is -1.89. The van der Waals surface area contributed by atoms with Gasteiger partial charge in [0.05, 0.1) is 12.1 Å². The Balaban J connectivity index is 2.59. The van der Waals surface area contributed by atoms with E-state index in [0.29, 0.717) is 5.69 Å². The molecule has 1 aromatic carbocycles. The minimum absolute atomic E-state index is 0.636. The Labute approximate surface area is 82.0 Å². The predicted molar refractivity (Wildman–Crippen MR) is 54.1 cm³/mol. The molecule has 0 bridgehead atoms. The van der Waals surface area contributed by atoms with Crippen LogP contribution in [0.1, 0.15) is 13.3 Å². The second-order valence-electron chi connectivity index (χ2n) is 3.10. The molecule has 2 rings (SSSR count). The van der Waals surface area contributed by atoms with Gasteiger partial charge in [-0.2, -0.15) is 0 Å². The summed E-state index contributed by atoms with van der Waals surface area (Å²) in [4.78, 5) is 3.38. The van der Waals surface area contributed by atoms with Crippen LogP contribution in [0.5, 0.6) is 0 Å². The van der Waals surface area contributed by atoms with Crippen LogP contribution in [-0.4, -0.2) is 15.0 Å². The third-order valence-corrected chi connectivity index (χ3v) is 2.06. The van der Waals surface area contributed by atoms with Gasteiger partial charge in [0.1, 0.15) is 5.52 Å². The van der Waals surface area contributed by atoms with Crippen LogP contribution in [0.25, 0.3) is 15.9 Å². The largest absolute Gasteiger partial charge is 0.246 e. The summed E-state index contributed by atoms with van der Waals surface area (Å²) in [7, 11) is 0. The molecular weight excluding hydrogens is 176 g/mol. The Morgan fingerprint density at radius 1 is 1.50 bits per heavy atom. The van der Waals surface area contributed by atoms with E-state index in [2.05, 4.69) is 22.1 Å². The first-order chi connectivity index (χ1) is 6.85. The zero-order valence-corrected chi connectivity index (χ0v) is 7.94. The average molecular weight is 186 g/mol. The van der Waals surface area contributed by atoms with E-state index in [4.69, 9.17) is 6.57 Å². The van der Waals surface area contributed by atoms with Crippen LogP contribution in [0.15, 0.2) is 18.2 Å². The number of aromatic nitrogens is 3. The highest BCUT2D eigenvalue weighted by Gasteiger charge is 2.03. The Morgan fingerprint density at radius 3 is 3.07 bits per heavy atom. The predicted octanol–water partition coefficient (Wildman–Crippen LogP) is 2.39. The lowest BCUT2D eigenvalue weighted by Gasteiger charge is -1.98. The quantitative estimate of drug-likeness (QED) is 0.675. The Bertz CT molecular complexity index is 492. The van der Waals surface area contributed by atoms with Gasteiger partial charge >= 0.3 is 0 Å². The molecule has 0 fully saturated rings. The topological polar surface area (TPSA) is 35.1 Å². The monoisotopic (exact) mass is 186 g/mol. The summed E-state index contributed by atoms with van der Waals surface area (Å²) in [6, 6.07) is 5.43. The number of aryl methyl sites for hydroxylation is 1. The summed E-state index contributed by atoms with van der Waals surface area (Å²) in [5, 5.41) is 8.05. The van der Waals surface area contributed by atoms with Crippen molar-refractivity contribution in [2.45, 2.75) is 19.9 Å². The van der Waals surface area contributed by atoms with Gasteiger partial charge in [-0.3, -0.25) is 0 Å². The third-order valence-electron chi connectivity index (χ3n) is 2.06. The number of benzene rings is 1. The molecule has 0 saturated carbocycles. The summed E-state index contributed by atoms with van der Waals surface area (Å²) >= 11 is 0. The molecule has 0 saturated heterocycles. The molecule has 4 heteroatoms. The molecule has 1 aromatic heterocycles. The third kappa shape index (κ3) is 1.33. The maximum Gasteiger partial charge on any atom is 0.189 e. The van der Waals surface area contributed by atoms with Crippen molar-refractivity contribution in [3.63, 3.8) is 0 Å². The fraction of sp³-hybridized carbons (Fsp3) is 0.300. The molecular formula is C10H10N4. The van der Waals surface area contributed by atoms with Crippen molar-refractivity contribution in [3.8, 4) is 0 Å². The van der Waals surface area contributed by atoms with Gasteiger partial charge in [0.15, 0.2) is 5.69 Å². The van der Waals surface area contributed by atoms with Gasteiger partial charge in [0, 0.05) is 6.54 Å². The van der Waals surface area contributed by atoms with Crippen LogP contribution in [0.3, 0.4) is 0 Å². The van der Waals surface area contributed by atoms with Gasteiger partial charge in [-0.15, -0.1) is 5.10 Å². The zero-order valence-electron chi connectivity index (χ0n) is 7.94. The highest BCUT2D eigenvalue weighted by Crippen LogP contribution is 2.19. The van der Waals surface area contributed by atoms with Crippen LogP contribution in [0.2, 0.25) is 0 Å². The molecule has 0 atom stereocenters. The van der Waals surface area contributed by atoms with Gasteiger partial charge in [-0.25, -0.2) is 9.53 Å². The van der Waals surface area contributed by atoms with E-state index in [-0.39, 0.29) is 0 Å². The second kappa shape index (κ2) is 3.46. The molecule has 4 nitrogen and oxygen atoms in total. The van der Waals surface area contributed by atoms with Crippen LogP contribution in [0.4, 0.5) is 5.69 Å². The number of nitrogens with zero attached hydrogens (tertiary/aromatic N) is 4. The van der Waals surface area contributed by atoms with Crippen molar-refractivity contribution in [1.29, 1.82) is 0 Å². The van der Waals surface area contributed by atoms with Crippen molar-refractivity contribution in [3.05, 3.63) is 29.6 Å². The van der Waals surface area contributed by atoms with Crippen LogP contribution in [-0.2, 0) is 6.54 Å². The molecule has 0 spiro atoms. The minimum atomic E-state index is 0.636. The minimum Gasteiger partial charge on any atom is -0.246 e. The Kier molecular flexibility index (Phi) is 2.15. The molecule has 14 heavy (non-hydrogen) atoms. The van der Waals surface area contributed by atoms with Crippen LogP contribution in [0, 0.1) is 6.57 Å². The van der Waals surface area contributed by atoms with Crippen molar-refractivity contribution >= 4 is 16.7 Å². The number of hydrogen-bond donors (Lipinski definition) is 0. The molecule has 0 N–H and O–H groups in total. The molecule has 0 aliphatic rings. The van der Waals surface area contributed by atoms with E-state index in [9.17, 15) is 0 Å². The maximum atomic E-state index is 6.92. The lowest BCUT2D eigenvalue weighted by Crippen LogP contribution is -1.98. The van der Waals surface area contributed by atoms with E-state index in [0.717, 1.165) is 24.0 Å². The van der Waals surface area contributed by atoms with Gasteiger partial charge < -0.3 is 0 Å². The fourth-order valence-corrected chi connectivity index (χ4v) is 1.40. The first kappa shape index (κ1) is 8.70. The van der Waals surface area contributed by atoms with E-state index < -0.39 is 0 Å². The highest BCUT2D eigenvalue weighted by molar-refractivity contribution is 5.78. The van der Waals surface area contributed by atoms with Gasteiger partial charge in [0.2, 0.25) is 0 Å². The van der Waals surface area contributed by atoms with Crippen molar-refractivity contribution in [2.75, 3.05) is 0 Å². The number of fused-ring (bicyclic) bond motifs is 1. The normalized spacial score (nSPS) is 10.3. The lowest BCUT2D eigenvalue weighted by atomic mass is 10.3. The molecule has 0 aliphatic carbocycles. The SMILES string of the molecule is [C-]#[N+]c1ccc2nnn(CCC)c2c1. The van der Waals surface area contributed by atoms with Crippen molar-refractivity contribution in [2.24, 2.45) is 0 Å². The summed E-state index contributed by atoms with van der Waals surface area (Å²) in [5.41, 5.74) is 2.43. The van der Waals surface area contributed by atoms with Crippen LogP contribution >= 0.6 is 0 Å². The van der Waals surface area contributed by atoms with E-state index >= 15 is 0 Å². The van der Waals surface area contributed by atoms with Crippen molar-refractivity contribution < 1.29 is 0 Å². The first-order valence-corrected chi connectivity index (χ1v) is 4.56. The molecule has 1 heterocycles. The first-order valence-electron chi connectivity index (χ1n) is 4.56. The zero-order chi connectivity index (χ0) is 9.97. The highest BCUT2D eigenvalue weighted by atomic mass is 15.4. The second-order valence-corrected chi connectivity index (χ2v) is 3.10. The molecule has 2 aromatic rings. The summed E-state index contributed by atoms with van der Waals surface area (Å²) < 4.78 is 1.84. The van der Waals surface area contributed by atoms with E-state index in [1.54, 1.807) is 6.07 Å². The maximum absolute atomic E-state index is 6.92. The van der Waals surface area contributed by atoms with Crippen molar-refractivity contribution in [1.82, 2.24) is 15.0 Å². The molecule has 0 radical (unpaired) electrons. The number of rotatable bonds is 2. The van der Waals surface area contributed by atoms with Gasteiger partial charge in [-0.05, 0) is 18.6 Å². The smallest absolute Gasteiger partial charge is 0.189 e. The lowest BCUT2D eigenvalue weighted by molar-refractivity contribution is 0.596. The average Bonchev–Trinajstić information content (AvgIpc) is 2.61. The summed E-state index contributed by atoms with van der Waals surface area (Å²) in [6.45, 7) is 9.85. The fourth-order valence-electron chi connectivity index (χ4n) is 1.40. The standard InChI is InChI=1S/C10H10N4/c1-3-6-14-10-7-8(11-2)4-5-9(10)12-13-14/h4-5,7H,3,6H2,1H3. The molecule has 0 unspecified atom stereocenters. The molecule has 70 valence electrons. The summed E-state index contributed by atoms with van der Waals surface area (Å²) in [6.07, 6.45) is 1.01.